The van der Waals surface area contributed by atoms with Gasteiger partial charge in [-0.2, -0.15) is 0 Å². The predicted octanol–water partition coefficient (Wildman–Crippen LogP) is 1.88. The number of piperidine rings is 1. The van der Waals surface area contributed by atoms with Crippen LogP contribution in [0.3, 0.4) is 0 Å². The quantitative estimate of drug-likeness (QED) is 0.812. The molecule has 0 bridgehead atoms. The van der Waals surface area contributed by atoms with Gasteiger partial charge in [0.15, 0.2) is 0 Å². The van der Waals surface area contributed by atoms with E-state index in [4.69, 9.17) is 4.74 Å². The molecule has 3 nitrogen and oxygen atoms in total. The maximum absolute atomic E-state index is 5.72. The average Bonchev–Trinajstić information content (AvgIpc) is 2.46. The van der Waals surface area contributed by atoms with Crippen LogP contribution in [-0.4, -0.2) is 50.3 Å². The van der Waals surface area contributed by atoms with Gasteiger partial charge in [0.05, 0.1) is 6.61 Å². The second kappa shape index (κ2) is 5.89. The smallest absolute Gasteiger partial charge is 0.0637 e. The van der Waals surface area contributed by atoms with Crippen molar-refractivity contribution >= 4 is 0 Å². The van der Waals surface area contributed by atoms with Gasteiger partial charge < -0.3 is 10.1 Å². The summed E-state index contributed by atoms with van der Waals surface area (Å²) >= 11 is 0. The van der Waals surface area contributed by atoms with E-state index in [0.717, 1.165) is 25.0 Å². The summed E-state index contributed by atoms with van der Waals surface area (Å²) in [6.07, 6.45) is 8.51. The molecule has 1 saturated carbocycles. The van der Waals surface area contributed by atoms with Crippen LogP contribution in [0, 0.1) is 11.8 Å². The molecule has 3 fully saturated rings. The summed E-state index contributed by atoms with van der Waals surface area (Å²) < 4.78 is 5.72. The Kier molecular flexibility index (Phi) is 4.22. The third kappa shape index (κ3) is 2.59. The van der Waals surface area contributed by atoms with E-state index < -0.39 is 0 Å². The van der Waals surface area contributed by atoms with Crippen LogP contribution in [0.2, 0.25) is 0 Å². The van der Waals surface area contributed by atoms with Crippen molar-refractivity contribution in [3.63, 3.8) is 0 Å². The van der Waals surface area contributed by atoms with Crippen molar-refractivity contribution in [1.82, 2.24) is 10.2 Å². The Morgan fingerprint density at radius 1 is 1.06 bits per heavy atom. The van der Waals surface area contributed by atoms with Gasteiger partial charge in [-0.3, -0.25) is 4.90 Å². The normalized spacial score (nSPS) is 42.5. The molecule has 2 saturated heterocycles. The number of ether oxygens (including phenoxy) is 1. The Morgan fingerprint density at radius 2 is 1.89 bits per heavy atom. The van der Waals surface area contributed by atoms with Crippen LogP contribution in [0.1, 0.15) is 38.5 Å². The van der Waals surface area contributed by atoms with Gasteiger partial charge in [-0.15, -0.1) is 0 Å². The molecule has 0 radical (unpaired) electrons. The van der Waals surface area contributed by atoms with Crippen molar-refractivity contribution < 1.29 is 4.74 Å². The molecule has 0 spiro atoms. The summed E-state index contributed by atoms with van der Waals surface area (Å²) in [5.74, 6) is 2.01. The highest BCUT2D eigenvalue weighted by Gasteiger charge is 2.37. The molecule has 2 aliphatic heterocycles. The number of likely N-dealkylation sites (tertiary alicyclic amines) is 1. The molecule has 0 aromatic heterocycles. The average molecular weight is 252 g/mol. The fraction of sp³-hybridized carbons (Fsp3) is 1.00. The first-order chi connectivity index (χ1) is 8.88. The number of fused-ring (bicyclic) bond motifs is 1. The molecule has 0 aromatic rings. The second-order valence-corrected chi connectivity index (χ2v) is 6.41. The van der Waals surface area contributed by atoms with E-state index in [1.54, 1.807) is 0 Å². The molecule has 1 N–H and O–H groups in total. The predicted molar refractivity (Wildman–Crippen MR) is 73.7 cm³/mol. The van der Waals surface area contributed by atoms with Gasteiger partial charge in [-0.05, 0) is 44.7 Å². The van der Waals surface area contributed by atoms with Gasteiger partial charge in [0.2, 0.25) is 0 Å². The Labute approximate surface area is 111 Å². The molecule has 0 amide bonds. The molecular formula is C15H28N2O. The maximum Gasteiger partial charge on any atom is 0.0637 e. The Morgan fingerprint density at radius 3 is 2.72 bits per heavy atom. The van der Waals surface area contributed by atoms with E-state index in [1.165, 1.54) is 51.6 Å². The molecule has 3 heteroatoms. The lowest BCUT2D eigenvalue weighted by molar-refractivity contribution is -0.0312. The van der Waals surface area contributed by atoms with Gasteiger partial charge >= 0.3 is 0 Å². The number of hydrogen-bond acceptors (Lipinski definition) is 3. The van der Waals surface area contributed by atoms with Crippen LogP contribution in [0.25, 0.3) is 0 Å². The maximum atomic E-state index is 5.72. The van der Waals surface area contributed by atoms with Crippen LogP contribution in [0.15, 0.2) is 0 Å². The minimum atomic E-state index is 0.617. The van der Waals surface area contributed by atoms with E-state index in [-0.39, 0.29) is 0 Å². The van der Waals surface area contributed by atoms with Crippen LogP contribution < -0.4 is 5.32 Å². The van der Waals surface area contributed by atoms with Crippen molar-refractivity contribution in [2.24, 2.45) is 11.8 Å². The molecule has 3 aliphatic rings. The Balaban J connectivity index is 1.61. The molecule has 18 heavy (non-hydrogen) atoms. The van der Waals surface area contributed by atoms with Crippen molar-refractivity contribution in [3.8, 4) is 0 Å². The summed E-state index contributed by atoms with van der Waals surface area (Å²) in [7, 11) is 2.11. The van der Waals surface area contributed by atoms with E-state index >= 15 is 0 Å². The van der Waals surface area contributed by atoms with Gasteiger partial charge in [0.25, 0.3) is 0 Å². The Hall–Kier alpha value is -0.120. The van der Waals surface area contributed by atoms with E-state index in [1.807, 2.05) is 0 Å². The standard InChI is InChI=1S/C15H28N2O/c1-16-14-7-9-18-11-15(14)17-8-6-12-4-2-3-5-13(12)10-17/h12-16H,2-11H2,1H3. The van der Waals surface area contributed by atoms with Crippen molar-refractivity contribution in [3.05, 3.63) is 0 Å². The monoisotopic (exact) mass is 252 g/mol. The SMILES string of the molecule is CNC1CCOCC1N1CCC2CCCCC2C1. The summed E-state index contributed by atoms with van der Waals surface area (Å²) in [6, 6.07) is 1.26. The van der Waals surface area contributed by atoms with Crippen LogP contribution in [0.4, 0.5) is 0 Å². The van der Waals surface area contributed by atoms with Crippen LogP contribution >= 0.6 is 0 Å². The summed E-state index contributed by atoms with van der Waals surface area (Å²) in [4.78, 5) is 2.73. The molecule has 0 aromatic carbocycles. The summed E-state index contributed by atoms with van der Waals surface area (Å²) in [5, 5.41) is 3.50. The number of likely N-dealkylation sites (N-methyl/N-ethyl adjacent to an activating group) is 1. The zero-order valence-corrected chi connectivity index (χ0v) is 11.7. The zero-order chi connectivity index (χ0) is 12.4. The van der Waals surface area contributed by atoms with Gasteiger partial charge in [-0.25, -0.2) is 0 Å². The Bertz CT molecular complexity index is 271. The zero-order valence-electron chi connectivity index (χ0n) is 11.7. The number of nitrogens with one attached hydrogen (secondary N) is 1. The highest BCUT2D eigenvalue weighted by atomic mass is 16.5. The summed E-state index contributed by atoms with van der Waals surface area (Å²) in [5.41, 5.74) is 0. The molecule has 4 atom stereocenters. The third-order valence-electron chi connectivity index (χ3n) is 5.49. The lowest BCUT2D eigenvalue weighted by Crippen LogP contribution is -2.58. The first-order valence-electron chi connectivity index (χ1n) is 7.87. The molecule has 4 unspecified atom stereocenters. The molecule has 3 rings (SSSR count). The lowest BCUT2D eigenvalue weighted by atomic mass is 9.74. The van der Waals surface area contributed by atoms with E-state index in [2.05, 4.69) is 17.3 Å². The van der Waals surface area contributed by atoms with Gasteiger partial charge in [0.1, 0.15) is 0 Å². The highest BCUT2D eigenvalue weighted by Crippen LogP contribution is 2.37. The van der Waals surface area contributed by atoms with Crippen molar-refractivity contribution in [1.29, 1.82) is 0 Å². The minimum absolute atomic E-state index is 0.617. The molecule has 2 heterocycles. The first kappa shape index (κ1) is 12.9. The lowest BCUT2D eigenvalue weighted by Gasteiger charge is -2.47. The number of rotatable bonds is 2. The largest absolute Gasteiger partial charge is 0.380 e. The van der Waals surface area contributed by atoms with Gasteiger partial charge in [0, 0.05) is 25.2 Å². The van der Waals surface area contributed by atoms with Crippen molar-refractivity contribution in [2.45, 2.75) is 50.6 Å². The topological polar surface area (TPSA) is 24.5 Å². The highest BCUT2D eigenvalue weighted by molar-refractivity contribution is 4.92. The number of nitrogens with zero attached hydrogens (tertiary/aromatic N) is 1. The summed E-state index contributed by atoms with van der Waals surface area (Å²) in [6.45, 7) is 4.50. The minimum Gasteiger partial charge on any atom is -0.380 e. The van der Waals surface area contributed by atoms with Crippen LogP contribution in [0.5, 0.6) is 0 Å². The molecular weight excluding hydrogens is 224 g/mol. The fourth-order valence-corrected chi connectivity index (χ4v) is 4.35. The first-order valence-corrected chi connectivity index (χ1v) is 7.87. The second-order valence-electron chi connectivity index (χ2n) is 6.41. The van der Waals surface area contributed by atoms with Gasteiger partial charge in [-0.1, -0.05) is 19.3 Å². The van der Waals surface area contributed by atoms with E-state index in [0.29, 0.717) is 12.1 Å². The fourth-order valence-electron chi connectivity index (χ4n) is 4.35. The third-order valence-corrected chi connectivity index (χ3v) is 5.49. The molecule has 104 valence electrons. The van der Waals surface area contributed by atoms with Crippen molar-refractivity contribution in [2.75, 3.05) is 33.4 Å². The van der Waals surface area contributed by atoms with Crippen LogP contribution in [-0.2, 0) is 4.74 Å². The molecule has 1 aliphatic carbocycles. The number of hydrogen-bond donors (Lipinski definition) is 1. The van der Waals surface area contributed by atoms with E-state index in [9.17, 15) is 0 Å².